The molecule has 1 aromatic heterocycles. The molecule has 0 aliphatic heterocycles. The van der Waals surface area contributed by atoms with Crippen molar-refractivity contribution < 1.29 is 8.78 Å². The molecule has 0 radical (unpaired) electrons. The quantitative estimate of drug-likeness (QED) is 0.678. The van der Waals surface area contributed by atoms with Crippen LogP contribution in [0.1, 0.15) is 13.3 Å². The van der Waals surface area contributed by atoms with Crippen LogP contribution in [0.3, 0.4) is 0 Å². The number of hydrogen-bond donors (Lipinski definition) is 2. The van der Waals surface area contributed by atoms with Crippen LogP contribution in [0.25, 0.3) is 0 Å². The molecular weight excluding hydrogens is 410 g/mol. The van der Waals surface area contributed by atoms with Crippen molar-refractivity contribution in [3.05, 3.63) is 39.0 Å². The first-order valence-electron chi connectivity index (χ1n) is 6.18. The fourth-order valence-electron chi connectivity index (χ4n) is 1.57. The Bertz CT molecular complexity index is 652. The van der Waals surface area contributed by atoms with E-state index in [2.05, 4.69) is 52.5 Å². The summed E-state index contributed by atoms with van der Waals surface area (Å²) >= 11 is 6.39. The van der Waals surface area contributed by atoms with Crippen LogP contribution in [0.2, 0.25) is 0 Å². The Labute approximate surface area is 137 Å². The largest absolute Gasteiger partial charge is 0.369 e. The predicted molar refractivity (Wildman–Crippen MR) is 85.9 cm³/mol. The molecular formula is C13H12Br2F2N4. The van der Waals surface area contributed by atoms with E-state index in [1.807, 2.05) is 6.92 Å². The second kappa shape index (κ2) is 7.13. The van der Waals surface area contributed by atoms with Crippen molar-refractivity contribution in [2.24, 2.45) is 0 Å². The fourth-order valence-corrected chi connectivity index (χ4v) is 2.36. The molecule has 0 aliphatic rings. The summed E-state index contributed by atoms with van der Waals surface area (Å²) in [5, 5.41) is 5.94. The number of halogens is 4. The van der Waals surface area contributed by atoms with Gasteiger partial charge in [-0.05, 0) is 44.3 Å². The molecule has 1 heterocycles. The highest BCUT2D eigenvalue weighted by molar-refractivity contribution is 9.11. The van der Waals surface area contributed by atoms with Crippen molar-refractivity contribution in [3.63, 3.8) is 0 Å². The molecule has 4 nitrogen and oxygen atoms in total. The molecule has 0 unspecified atom stereocenters. The summed E-state index contributed by atoms with van der Waals surface area (Å²) in [6.07, 6.45) is 2.31. The summed E-state index contributed by atoms with van der Waals surface area (Å²) in [4.78, 5) is 8.15. The average molecular weight is 422 g/mol. The van der Waals surface area contributed by atoms with E-state index in [0.717, 1.165) is 19.0 Å². The predicted octanol–water partition coefficient (Wildman–Crippen LogP) is 4.85. The van der Waals surface area contributed by atoms with Crippen LogP contribution in [0.15, 0.2) is 27.4 Å². The van der Waals surface area contributed by atoms with Crippen LogP contribution >= 0.6 is 31.9 Å². The minimum Gasteiger partial charge on any atom is -0.369 e. The van der Waals surface area contributed by atoms with Crippen molar-refractivity contribution >= 4 is 49.2 Å². The van der Waals surface area contributed by atoms with Gasteiger partial charge in [-0.15, -0.1) is 0 Å². The fraction of sp³-hybridized carbons (Fsp3) is 0.231. The Kier molecular flexibility index (Phi) is 5.46. The van der Waals surface area contributed by atoms with Gasteiger partial charge in [-0.3, -0.25) is 0 Å². The number of nitrogens with zero attached hydrogens (tertiary/aromatic N) is 2. The zero-order valence-corrected chi connectivity index (χ0v) is 14.2. The smallest absolute Gasteiger partial charge is 0.150 e. The molecule has 0 saturated heterocycles. The van der Waals surface area contributed by atoms with Crippen LogP contribution in [0.5, 0.6) is 0 Å². The van der Waals surface area contributed by atoms with Crippen LogP contribution in [0.4, 0.5) is 26.1 Å². The van der Waals surface area contributed by atoms with E-state index in [-0.39, 0.29) is 10.2 Å². The zero-order chi connectivity index (χ0) is 15.4. The molecule has 2 aromatic rings. The van der Waals surface area contributed by atoms with Gasteiger partial charge in [0.1, 0.15) is 34.1 Å². The lowest BCUT2D eigenvalue weighted by atomic mass is 10.3. The Morgan fingerprint density at radius 3 is 2.52 bits per heavy atom. The van der Waals surface area contributed by atoms with Crippen molar-refractivity contribution in [3.8, 4) is 0 Å². The summed E-state index contributed by atoms with van der Waals surface area (Å²) in [7, 11) is 0. The van der Waals surface area contributed by atoms with Gasteiger partial charge >= 0.3 is 0 Å². The second-order valence-electron chi connectivity index (χ2n) is 4.18. The SMILES string of the molecule is CCCNc1ncnc(Nc2cc(Br)c(F)cc2F)c1Br. The molecule has 0 spiro atoms. The Morgan fingerprint density at radius 2 is 1.81 bits per heavy atom. The molecule has 0 saturated carbocycles. The van der Waals surface area contributed by atoms with Gasteiger partial charge in [0.05, 0.1) is 10.2 Å². The highest BCUT2D eigenvalue weighted by Gasteiger charge is 2.13. The molecule has 112 valence electrons. The summed E-state index contributed by atoms with van der Waals surface area (Å²) < 4.78 is 27.7. The summed E-state index contributed by atoms with van der Waals surface area (Å²) in [6.45, 7) is 2.79. The van der Waals surface area contributed by atoms with Crippen LogP contribution < -0.4 is 10.6 Å². The lowest BCUT2D eigenvalue weighted by Crippen LogP contribution is -2.06. The van der Waals surface area contributed by atoms with Crippen LogP contribution in [-0.4, -0.2) is 16.5 Å². The molecule has 1 aromatic carbocycles. The maximum Gasteiger partial charge on any atom is 0.150 e. The molecule has 2 N–H and O–H groups in total. The molecule has 2 rings (SSSR count). The molecule has 0 atom stereocenters. The zero-order valence-electron chi connectivity index (χ0n) is 11.1. The second-order valence-corrected chi connectivity index (χ2v) is 5.83. The van der Waals surface area contributed by atoms with E-state index in [9.17, 15) is 8.78 Å². The van der Waals surface area contributed by atoms with Crippen molar-refractivity contribution in [1.82, 2.24) is 9.97 Å². The van der Waals surface area contributed by atoms with E-state index in [1.165, 1.54) is 12.4 Å². The molecule has 8 heteroatoms. The molecule has 21 heavy (non-hydrogen) atoms. The van der Waals surface area contributed by atoms with Crippen LogP contribution in [0, 0.1) is 11.6 Å². The highest BCUT2D eigenvalue weighted by Crippen LogP contribution is 2.31. The molecule has 0 aliphatic carbocycles. The first kappa shape index (κ1) is 16.1. The number of nitrogens with one attached hydrogen (secondary N) is 2. The minimum atomic E-state index is -0.704. The van der Waals surface area contributed by atoms with Gasteiger partial charge in [-0.25, -0.2) is 18.7 Å². The Balaban J connectivity index is 2.29. The van der Waals surface area contributed by atoms with Gasteiger partial charge in [0.2, 0.25) is 0 Å². The average Bonchev–Trinajstić information content (AvgIpc) is 2.45. The monoisotopic (exact) mass is 420 g/mol. The lowest BCUT2D eigenvalue weighted by molar-refractivity contribution is 0.581. The number of rotatable bonds is 5. The van der Waals surface area contributed by atoms with Crippen LogP contribution in [-0.2, 0) is 0 Å². The van der Waals surface area contributed by atoms with E-state index >= 15 is 0 Å². The van der Waals surface area contributed by atoms with Gasteiger partial charge in [-0.1, -0.05) is 6.92 Å². The van der Waals surface area contributed by atoms with Gasteiger partial charge in [0.25, 0.3) is 0 Å². The van der Waals surface area contributed by atoms with Crippen molar-refractivity contribution in [2.75, 3.05) is 17.2 Å². The number of benzene rings is 1. The van der Waals surface area contributed by atoms with Gasteiger partial charge in [0.15, 0.2) is 0 Å². The lowest BCUT2D eigenvalue weighted by Gasteiger charge is -2.12. The summed E-state index contributed by atoms with van der Waals surface area (Å²) in [5.41, 5.74) is 0.115. The summed E-state index contributed by atoms with van der Waals surface area (Å²) in [5.74, 6) is -0.369. The number of anilines is 3. The standard InChI is InChI=1S/C13H12Br2F2N4/c1-2-3-18-12-11(15)13(20-6-19-12)21-10-4-7(14)8(16)5-9(10)17/h4-6H,2-3H2,1H3,(H2,18,19,20,21). The number of aromatic nitrogens is 2. The van der Waals surface area contributed by atoms with E-state index in [4.69, 9.17) is 0 Å². The summed E-state index contributed by atoms with van der Waals surface area (Å²) in [6, 6.07) is 2.12. The third-order valence-corrected chi connectivity index (χ3v) is 3.95. The maximum atomic E-state index is 13.8. The maximum absolute atomic E-state index is 13.8. The van der Waals surface area contributed by atoms with Gasteiger partial charge in [0, 0.05) is 12.6 Å². The first-order valence-corrected chi connectivity index (χ1v) is 7.77. The van der Waals surface area contributed by atoms with E-state index in [0.29, 0.717) is 16.1 Å². The third kappa shape index (κ3) is 3.88. The number of hydrogen-bond acceptors (Lipinski definition) is 4. The highest BCUT2D eigenvalue weighted by atomic mass is 79.9. The molecule has 0 amide bonds. The van der Waals surface area contributed by atoms with E-state index in [1.54, 1.807) is 0 Å². The van der Waals surface area contributed by atoms with Crippen molar-refractivity contribution in [2.45, 2.75) is 13.3 Å². The Morgan fingerprint density at radius 1 is 1.10 bits per heavy atom. The van der Waals surface area contributed by atoms with Gasteiger partial charge < -0.3 is 10.6 Å². The van der Waals surface area contributed by atoms with E-state index < -0.39 is 11.6 Å². The molecule has 0 bridgehead atoms. The third-order valence-electron chi connectivity index (χ3n) is 2.59. The molecule has 0 fully saturated rings. The van der Waals surface area contributed by atoms with Gasteiger partial charge in [-0.2, -0.15) is 0 Å². The normalized spacial score (nSPS) is 10.5. The minimum absolute atomic E-state index is 0.115. The topological polar surface area (TPSA) is 49.8 Å². The van der Waals surface area contributed by atoms with Crippen molar-refractivity contribution in [1.29, 1.82) is 0 Å². The Hall–Kier alpha value is -1.28. The first-order chi connectivity index (χ1) is 10.0.